The molecule has 2 aromatic heterocycles. The molecule has 1 aliphatic heterocycles. The Bertz CT molecular complexity index is 1070. The van der Waals surface area contributed by atoms with Crippen LogP contribution in [0.1, 0.15) is 33.6 Å². The zero-order valence-electron chi connectivity index (χ0n) is 15.9. The molecule has 0 unspecified atom stereocenters. The zero-order chi connectivity index (χ0) is 20.9. The van der Waals surface area contributed by atoms with Crippen LogP contribution in [-0.2, 0) is 4.79 Å². The smallest absolute Gasteiger partial charge is 0.261 e. The predicted molar refractivity (Wildman–Crippen MR) is 112 cm³/mol. The van der Waals surface area contributed by atoms with Crippen molar-refractivity contribution in [3.63, 3.8) is 0 Å². The van der Waals surface area contributed by atoms with Crippen molar-refractivity contribution in [1.82, 2.24) is 14.9 Å². The summed E-state index contributed by atoms with van der Waals surface area (Å²) >= 11 is 1.40. The average molecular weight is 418 g/mol. The van der Waals surface area contributed by atoms with E-state index in [1.807, 2.05) is 18.2 Å². The molecule has 3 aromatic rings. The molecule has 0 saturated carbocycles. The van der Waals surface area contributed by atoms with Crippen LogP contribution < -0.4 is 5.32 Å². The van der Waals surface area contributed by atoms with E-state index in [4.69, 9.17) is 0 Å². The second-order valence-corrected chi connectivity index (χ2v) is 7.65. The molecule has 0 fully saturated rings. The molecule has 4 rings (SSSR count). The molecule has 3 heterocycles. The van der Waals surface area contributed by atoms with Gasteiger partial charge in [-0.25, -0.2) is 9.97 Å². The standard InChI is InChI=1S/C22H18N4O3S/c27-18(8-5-13-26-21(28)16-6-1-2-7-17(16)22(26)29)25-15-10-12-24-20(14-15)30-19-9-3-4-11-23-19/h1-4,6-7,9-12,14H,5,8,13H2,(H,24,25,27). The molecule has 1 aliphatic rings. The maximum Gasteiger partial charge on any atom is 0.261 e. The number of aromatic nitrogens is 2. The Morgan fingerprint density at radius 3 is 2.30 bits per heavy atom. The number of pyridine rings is 2. The first-order chi connectivity index (χ1) is 14.6. The number of amides is 3. The molecule has 0 radical (unpaired) electrons. The van der Waals surface area contributed by atoms with Crippen molar-refractivity contribution in [3.05, 3.63) is 78.1 Å². The number of nitrogens with one attached hydrogen (secondary N) is 1. The van der Waals surface area contributed by atoms with Crippen LogP contribution in [0.15, 0.2) is 77.0 Å². The Hall–Kier alpha value is -3.52. The second kappa shape index (κ2) is 8.87. The Morgan fingerprint density at radius 2 is 1.60 bits per heavy atom. The quantitative estimate of drug-likeness (QED) is 0.589. The third kappa shape index (κ3) is 4.38. The summed E-state index contributed by atoms with van der Waals surface area (Å²) in [6.07, 6.45) is 3.92. The lowest BCUT2D eigenvalue weighted by atomic mass is 10.1. The minimum Gasteiger partial charge on any atom is -0.326 e. The molecule has 3 amide bonds. The molecule has 0 saturated heterocycles. The fraction of sp³-hybridized carbons (Fsp3) is 0.136. The summed E-state index contributed by atoms with van der Waals surface area (Å²) < 4.78 is 0. The van der Waals surface area contributed by atoms with E-state index >= 15 is 0 Å². The van der Waals surface area contributed by atoms with Crippen molar-refractivity contribution < 1.29 is 14.4 Å². The number of hydrogen-bond donors (Lipinski definition) is 1. The lowest BCUT2D eigenvalue weighted by Gasteiger charge is -2.13. The van der Waals surface area contributed by atoms with Crippen LogP contribution in [0.25, 0.3) is 0 Å². The number of hydrogen-bond acceptors (Lipinski definition) is 6. The average Bonchev–Trinajstić information content (AvgIpc) is 3.00. The van der Waals surface area contributed by atoms with Gasteiger partial charge in [0.2, 0.25) is 5.91 Å². The third-order valence-corrected chi connectivity index (χ3v) is 5.41. The third-order valence-electron chi connectivity index (χ3n) is 4.53. The van der Waals surface area contributed by atoms with Crippen LogP contribution in [0, 0.1) is 0 Å². The predicted octanol–water partition coefficient (Wildman–Crippen LogP) is 3.64. The fourth-order valence-corrected chi connectivity index (χ4v) is 3.89. The van der Waals surface area contributed by atoms with Gasteiger partial charge in [0.05, 0.1) is 11.1 Å². The van der Waals surface area contributed by atoms with E-state index in [0.29, 0.717) is 23.2 Å². The molecular formula is C22H18N4O3S. The molecule has 7 nitrogen and oxygen atoms in total. The largest absolute Gasteiger partial charge is 0.326 e. The highest BCUT2D eigenvalue weighted by molar-refractivity contribution is 7.99. The van der Waals surface area contributed by atoms with Gasteiger partial charge in [-0.2, -0.15) is 0 Å². The van der Waals surface area contributed by atoms with Gasteiger partial charge in [-0.1, -0.05) is 30.0 Å². The van der Waals surface area contributed by atoms with Gasteiger partial charge in [0, 0.05) is 31.0 Å². The molecule has 30 heavy (non-hydrogen) atoms. The number of carbonyl (C=O) groups is 3. The number of carbonyl (C=O) groups excluding carboxylic acids is 3. The van der Waals surface area contributed by atoms with E-state index < -0.39 is 0 Å². The van der Waals surface area contributed by atoms with E-state index in [1.165, 1.54) is 16.7 Å². The van der Waals surface area contributed by atoms with E-state index in [-0.39, 0.29) is 30.7 Å². The molecule has 1 N–H and O–H groups in total. The highest BCUT2D eigenvalue weighted by Gasteiger charge is 2.34. The first kappa shape index (κ1) is 19.8. The first-order valence-electron chi connectivity index (χ1n) is 9.42. The number of nitrogens with zero attached hydrogens (tertiary/aromatic N) is 3. The maximum atomic E-state index is 12.4. The number of rotatable bonds is 7. The van der Waals surface area contributed by atoms with E-state index in [0.717, 1.165) is 10.1 Å². The molecule has 150 valence electrons. The summed E-state index contributed by atoms with van der Waals surface area (Å²) in [4.78, 5) is 46.7. The van der Waals surface area contributed by atoms with Gasteiger partial charge in [0.15, 0.2) is 0 Å². The van der Waals surface area contributed by atoms with Crippen LogP contribution in [0.5, 0.6) is 0 Å². The van der Waals surface area contributed by atoms with Crippen LogP contribution >= 0.6 is 11.8 Å². The Morgan fingerprint density at radius 1 is 0.900 bits per heavy atom. The second-order valence-electron chi connectivity index (χ2n) is 6.61. The summed E-state index contributed by atoms with van der Waals surface area (Å²) in [5.41, 5.74) is 1.47. The minimum atomic E-state index is -0.304. The van der Waals surface area contributed by atoms with Gasteiger partial charge in [0.25, 0.3) is 11.8 Å². The van der Waals surface area contributed by atoms with Crippen molar-refractivity contribution in [3.8, 4) is 0 Å². The summed E-state index contributed by atoms with van der Waals surface area (Å²) in [5.74, 6) is -0.797. The Kier molecular flexibility index (Phi) is 5.85. The number of imide groups is 1. The maximum absolute atomic E-state index is 12.4. The Balaban J connectivity index is 1.29. The Labute approximate surface area is 177 Å². The van der Waals surface area contributed by atoms with Crippen LogP contribution in [0.4, 0.5) is 5.69 Å². The van der Waals surface area contributed by atoms with Gasteiger partial charge >= 0.3 is 0 Å². The molecule has 1 aromatic carbocycles. The lowest BCUT2D eigenvalue weighted by molar-refractivity contribution is -0.116. The summed E-state index contributed by atoms with van der Waals surface area (Å²) in [7, 11) is 0. The SMILES string of the molecule is O=C(CCCN1C(=O)c2ccccc2C1=O)Nc1ccnc(Sc2ccccn2)c1. The van der Waals surface area contributed by atoms with Gasteiger partial charge in [0.1, 0.15) is 10.1 Å². The highest BCUT2D eigenvalue weighted by atomic mass is 32.2. The summed E-state index contributed by atoms with van der Waals surface area (Å²) in [6.45, 7) is 0.205. The number of benzene rings is 1. The lowest BCUT2D eigenvalue weighted by Crippen LogP contribution is -2.31. The molecule has 0 atom stereocenters. The molecule has 0 spiro atoms. The van der Waals surface area contributed by atoms with Crippen molar-refractivity contribution in [2.45, 2.75) is 22.9 Å². The van der Waals surface area contributed by atoms with Crippen molar-refractivity contribution in [1.29, 1.82) is 0 Å². The van der Waals surface area contributed by atoms with Crippen LogP contribution in [0.3, 0.4) is 0 Å². The van der Waals surface area contributed by atoms with Crippen molar-refractivity contribution in [2.75, 3.05) is 11.9 Å². The van der Waals surface area contributed by atoms with Crippen molar-refractivity contribution in [2.24, 2.45) is 0 Å². The normalized spacial score (nSPS) is 12.7. The van der Waals surface area contributed by atoms with Crippen LogP contribution in [0.2, 0.25) is 0 Å². The first-order valence-corrected chi connectivity index (χ1v) is 10.2. The topological polar surface area (TPSA) is 92.3 Å². The monoisotopic (exact) mass is 418 g/mol. The van der Waals surface area contributed by atoms with E-state index in [9.17, 15) is 14.4 Å². The van der Waals surface area contributed by atoms with E-state index in [2.05, 4.69) is 15.3 Å². The van der Waals surface area contributed by atoms with Crippen LogP contribution in [-0.4, -0.2) is 39.1 Å². The summed E-state index contributed by atoms with van der Waals surface area (Å²) in [5, 5.41) is 4.37. The number of anilines is 1. The van der Waals surface area contributed by atoms with Crippen molar-refractivity contribution >= 4 is 35.2 Å². The van der Waals surface area contributed by atoms with Gasteiger partial charge in [-0.05, 0) is 42.8 Å². The minimum absolute atomic E-state index is 0.188. The number of fused-ring (bicyclic) bond motifs is 1. The van der Waals surface area contributed by atoms with Gasteiger partial charge < -0.3 is 5.32 Å². The fourth-order valence-electron chi connectivity index (χ4n) is 3.12. The molecule has 8 heteroatoms. The van der Waals surface area contributed by atoms with Gasteiger partial charge in [-0.3, -0.25) is 19.3 Å². The van der Waals surface area contributed by atoms with Gasteiger partial charge in [-0.15, -0.1) is 0 Å². The molecule has 0 aliphatic carbocycles. The zero-order valence-corrected chi connectivity index (χ0v) is 16.8. The highest BCUT2D eigenvalue weighted by Crippen LogP contribution is 2.26. The van der Waals surface area contributed by atoms with E-state index in [1.54, 1.807) is 48.8 Å². The summed E-state index contributed by atoms with van der Waals surface area (Å²) in [6, 6.07) is 15.9. The molecule has 0 bridgehead atoms. The molecular weight excluding hydrogens is 400 g/mol.